The highest BCUT2D eigenvalue weighted by Gasteiger charge is 2.12. The van der Waals surface area contributed by atoms with Gasteiger partial charge in [-0.05, 0) is 62.1 Å². The molecule has 0 aliphatic carbocycles. The maximum Gasteiger partial charge on any atom is 0.141 e. The van der Waals surface area contributed by atoms with Crippen LogP contribution >= 0.6 is 0 Å². The second-order valence-electron chi connectivity index (χ2n) is 8.75. The number of benzene rings is 3. The predicted molar refractivity (Wildman–Crippen MR) is 140 cm³/mol. The highest BCUT2D eigenvalue weighted by molar-refractivity contribution is 5.93. The van der Waals surface area contributed by atoms with Crippen LogP contribution in [0.25, 0.3) is 22.3 Å². The zero-order valence-electron chi connectivity index (χ0n) is 20.1. The van der Waals surface area contributed by atoms with E-state index in [1.165, 1.54) is 0 Å². The number of ether oxygens (including phenoxy) is 1. The van der Waals surface area contributed by atoms with E-state index >= 15 is 0 Å². The van der Waals surface area contributed by atoms with Crippen LogP contribution in [0.3, 0.4) is 0 Å². The van der Waals surface area contributed by atoms with Gasteiger partial charge in [0.1, 0.15) is 30.3 Å². The van der Waals surface area contributed by atoms with Gasteiger partial charge in [-0.25, -0.2) is 15.0 Å². The van der Waals surface area contributed by atoms with E-state index in [0.29, 0.717) is 6.61 Å². The second-order valence-corrected chi connectivity index (χ2v) is 8.75. The van der Waals surface area contributed by atoms with Gasteiger partial charge in [-0.1, -0.05) is 30.3 Å². The molecule has 1 N–H and O–H groups in total. The molecule has 5 aromatic rings. The van der Waals surface area contributed by atoms with E-state index in [2.05, 4.69) is 68.1 Å². The van der Waals surface area contributed by atoms with Crippen LogP contribution in [-0.4, -0.2) is 38.5 Å². The van der Waals surface area contributed by atoms with Gasteiger partial charge in [-0.3, -0.25) is 0 Å². The van der Waals surface area contributed by atoms with Crippen molar-refractivity contribution in [2.75, 3.05) is 19.4 Å². The summed E-state index contributed by atoms with van der Waals surface area (Å²) in [4.78, 5) is 15.8. The molecule has 5 rings (SSSR count). The molecule has 0 aliphatic rings. The molecule has 3 aromatic carbocycles. The SMILES string of the molecule is CN(C)Cc1cnc(-c2ccc3ncnc(Nc4ccc(OCc5ccccc5)cc4)c3c2)n1C. The first-order chi connectivity index (χ1) is 17.1. The number of hydrogen-bond donors (Lipinski definition) is 1. The van der Waals surface area contributed by atoms with Crippen LogP contribution in [0.15, 0.2) is 85.3 Å². The Kier molecular flexibility index (Phi) is 6.41. The molecule has 0 fully saturated rings. The number of nitrogens with one attached hydrogen (secondary N) is 1. The molecular weight excluding hydrogens is 436 g/mol. The van der Waals surface area contributed by atoms with E-state index in [1.807, 2.05) is 61.8 Å². The number of fused-ring (bicyclic) bond motifs is 1. The Morgan fingerprint density at radius 2 is 1.71 bits per heavy atom. The molecule has 0 aliphatic heterocycles. The van der Waals surface area contributed by atoms with Crippen molar-refractivity contribution in [2.45, 2.75) is 13.2 Å². The van der Waals surface area contributed by atoms with Gasteiger partial charge in [0, 0.05) is 30.2 Å². The molecule has 2 heterocycles. The topological polar surface area (TPSA) is 68.1 Å². The minimum absolute atomic E-state index is 0.538. The first-order valence-electron chi connectivity index (χ1n) is 11.5. The molecule has 0 bridgehead atoms. The fourth-order valence-corrected chi connectivity index (χ4v) is 3.99. The minimum Gasteiger partial charge on any atom is -0.489 e. The Balaban J connectivity index is 1.36. The number of imidazole rings is 1. The Hall–Kier alpha value is -4.23. The van der Waals surface area contributed by atoms with E-state index in [4.69, 9.17) is 4.74 Å². The van der Waals surface area contributed by atoms with E-state index in [-0.39, 0.29) is 0 Å². The third-order valence-corrected chi connectivity index (χ3v) is 5.82. The van der Waals surface area contributed by atoms with Crippen LogP contribution in [0.5, 0.6) is 5.75 Å². The van der Waals surface area contributed by atoms with Crippen molar-refractivity contribution in [3.63, 3.8) is 0 Å². The van der Waals surface area contributed by atoms with Crippen LogP contribution in [0.2, 0.25) is 0 Å². The van der Waals surface area contributed by atoms with Gasteiger partial charge in [-0.15, -0.1) is 0 Å². The third-order valence-electron chi connectivity index (χ3n) is 5.82. The second kappa shape index (κ2) is 9.95. The van der Waals surface area contributed by atoms with Gasteiger partial charge < -0.3 is 19.5 Å². The summed E-state index contributed by atoms with van der Waals surface area (Å²) in [7, 11) is 6.16. The summed E-state index contributed by atoms with van der Waals surface area (Å²) in [6.07, 6.45) is 3.51. The molecule has 7 heteroatoms. The fourth-order valence-electron chi connectivity index (χ4n) is 3.99. The number of rotatable bonds is 8. The van der Waals surface area contributed by atoms with Crippen LogP contribution in [0, 0.1) is 0 Å². The Labute approximate surface area is 205 Å². The molecule has 0 atom stereocenters. The molecule has 176 valence electrons. The predicted octanol–water partition coefficient (Wildman–Crippen LogP) is 5.41. The summed E-state index contributed by atoms with van der Waals surface area (Å²) in [5.41, 5.74) is 5.11. The monoisotopic (exact) mass is 464 g/mol. The highest BCUT2D eigenvalue weighted by atomic mass is 16.5. The fraction of sp³-hybridized carbons (Fsp3) is 0.179. The first kappa shape index (κ1) is 22.6. The average molecular weight is 465 g/mol. The van der Waals surface area contributed by atoms with Crippen molar-refractivity contribution < 1.29 is 4.74 Å². The quantitative estimate of drug-likeness (QED) is 0.331. The standard InChI is InChI=1S/C28H28N6O/c1-33(2)17-23-16-29-28(34(23)3)21-9-14-26-25(15-21)27(31-19-30-26)32-22-10-12-24(13-11-22)35-18-20-7-5-4-6-8-20/h4-16,19H,17-18H2,1-3H3,(H,30,31,32). The lowest BCUT2D eigenvalue weighted by molar-refractivity contribution is 0.306. The maximum atomic E-state index is 5.90. The zero-order valence-corrected chi connectivity index (χ0v) is 20.1. The van der Waals surface area contributed by atoms with Crippen molar-refractivity contribution in [1.82, 2.24) is 24.4 Å². The lowest BCUT2D eigenvalue weighted by Crippen LogP contribution is -2.13. The molecule has 7 nitrogen and oxygen atoms in total. The van der Waals surface area contributed by atoms with Crippen LogP contribution in [0.4, 0.5) is 11.5 Å². The average Bonchev–Trinajstić information content (AvgIpc) is 3.23. The lowest BCUT2D eigenvalue weighted by Gasteiger charge is -2.12. The van der Waals surface area contributed by atoms with Crippen molar-refractivity contribution in [3.05, 3.63) is 96.6 Å². The van der Waals surface area contributed by atoms with Gasteiger partial charge in [-0.2, -0.15) is 0 Å². The van der Waals surface area contributed by atoms with Gasteiger partial charge >= 0.3 is 0 Å². The normalized spacial score (nSPS) is 11.2. The Morgan fingerprint density at radius 3 is 2.49 bits per heavy atom. The van der Waals surface area contributed by atoms with Crippen molar-refractivity contribution in [3.8, 4) is 17.1 Å². The molecule has 35 heavy (non-hydrogen) atoms. The first-order valence-corrected chi connectivity index (χ1v) is 11.5. The molecule has 0 amide bonds. The zero-order chi connectivity index (χ0) is 24.2. The van der Waals surface area contributed by atoms with E-state index in [0.717, 1.165) is 57.3 Å². The Morgan fingerprint density at radius 1 is 0.914 bits per heavy atom. The van der Waals surface area contributed by atoms with Crippen molar-refractivity contribution in [1.29, 1.82) is 0 Å². The smallest absolute Gasteiger partial charge is 0.141 e. The largest absolute Gasteiger partial charge is 0.489 e. The van der Waals surface area contributed by atoms with E-state index in [1.54, 1.807) is 6.33 Å². The molecule has 0 radical (unpaired) electrons. The lowest BCUT2D eigenvalue weighted by atomic mass is 10.1. The number of anilines is 2. The van der Waals surface area contributed by atoms with Crippen molar-refractivity contribution >= 4 is 22.4 Å². The van der Waals surface area contributed by atoms with Gasteiger partial charge in [0.15, 0.2) is 0 Å². The maximum absolute atomic E-state index is 5.90. The van der Waals surface area contributed by atoms with E-state index in [9.17, 15) is 0 Å². The molecule has 0 saturated heterocycles. The Bertz CT molecular complexity index is 1430. The van der Waals surface area contributed by atoms with Gasteiger partial charge in [0.05, 0.1) is 17.4 Å². The highest BCUT2D eigenvalue weighted by Crippen LogP contribution is 2.29. The minimum atomic E-state index is 0.538. The molecule has 2 aromatic heterocycles. The summed E-state index contributed by atoms with van der Waals surface area (Å²) >= 11 is 0. The summed E-state index contributed by atoms with van der Waals surface area (Å²) in [5, 5.41) is 4.37. The summed E-state index contributed by atoms with van der Waals surface area (Å²) in [5.74, 6) is 2.48. The van der Waals surface area contributed by atoms with Crippen LogP contribution in [-0.2, 0) is 20.2 Å². The number of hydrogen-bond acceptors (Lipinski definition) is 6. The number of aromatic nitrogens is 4. The van der Waals surface area contributed by atoms with Gasteiger partial charge in [0.25, 0.3) is 0 Å². The molecule has 0 saturated carbocycles. The summed E-state index contributed by atoms with van der Waals surface area (Å²) in [6, 6.07) is 24.2. The summed E-state index contributed by atoms with van der Waals surface area (Å²) < 4.78 is 8.03. The summed E-state index contributed by atoms with van der Waals surface area (Å²) in [6.45, 7) is 1.37. The number of nitrogens with zero attached hydrogens (tertiary/aromatic N) is 5. The molecule has 0 spiro atoms. The molecule has 0 unspecified atom stereocenters. The third kappa shape index (κ3) is 5.15. The van der Waals surface area contributed by atoms with Crippen LogP contribution in [0.1, 0.15) is 11.3 Å². The van der Waals surface area contributed by atoms with Crippen molar-refractivity contribution in [2.24, 2.45) is 7.05 Å². The van der Waals surface area contributed by atoms with E-state index < -0.39 is 0 Å². The van der Waals surface area contributed by atoms with Gasteiger partial charge in [0.2, 0.25) is 0 Å². The van der Waals surface area contributed by atoms with Crippen LogP contribution < -0.4 is 10.1 Å². The molecular formula is C28H28N6O.